The highest BCUT2D eigenvalue weighted by atomic mass is 19.4. The first-order valence-electron chi connectivity index (χ1n) is 11.6. The third-order valence-corrected chi connectivity index (χ3v) is 5.42. The Labute approximate surface area is 207 Å². The van der Waals surface area contributed by atoms with Crippen LogP contribution in [0, 0.1) is 0 Å². The number of hydrogen-bond acceptors (Lipinski definition) is 5. The Kier molecular flexibility index (Phi) is 8.22. The molecule has 0 aliphatic rings. The first kappa shape index (κ1) is 27.0. The van der Waals surface area contributed by atoms with Gasteiger partial charge >= 0.3 is 12.1 Å². The van der Waals surface area contributed by atoms with Crippen molar-refractivity contribution < 1.29 is 32.6 Å². The lowest BCUT2D eigenvalue weighted by Crippen LogP contribution is -2.29. The highest BCUT2D eigenvalue weighted by molar-refractivity contribution is 5.94. The zero-order chi connectivity index (χ0) is 26.5. The molecule has 0 fully saturated rings. The SMILES string of the molecule is CC(C)(C)OC(=O)CCNC(=O)c1ccc([C@@H](CCC(F)(F)F)c2cnc3cc(O)ccc3c2)cc1. The Morgan fingerprint density at radius 3 is 2.36 bits per heavy atom. The van der Waals surface area contributed by atoms with Crippen molar-refractivity contribution in [1.82, 2.24) is 10.3 Å². The summed E-state index contributed by atoms with van der Waals surface area (Å²) in [6.07, 6.45) is -3.94. The van der Waals surface area contributed by atoms with E-state index in [0.29, 0.717) is 27.6 Å². The van der Waals surface area contributed by atoms with Gasteiger partial charge in [0.1, 0.15) is 11.4 Å². The number of nitrogens with one attached hydrogen (secondary N) is 1. The zero-order valence-electron chi connectivity index (χ0n) is 20.4. The monoisotopic (exact) mass is 502 g/mol. The summed E-state index contributed by atoms with van der Waals surface area (Å²) in [5, 5.41) is 13.0. The van der Waals surface area contributed by atoms with Crippen LogP contribution in [0.4, 0.5) is 13.2 Å². The van der Waals surface area contributed by atoms with Gasteiger partial charge in [-0.2, -0.15) is 13.2 Å². The second kappa shape index (κ2) is 11.0. The second-order valence-electron chi connectivity index (χ2n) is 9.57. The van der Waals surface area contributed by atoms with Gasteiger partial charge in [-0.05, 0) is 68.7 Å². The molecule has 1 heterocycles. The fraction of sp³-hybridized carbons (Fsp3) is 0.370. The molecule has 1 amide bonds. The number of nitrogens with zero attached hydrogens (tertiary/aromatic N) is 1. The first-order chi connectivity index (χ1) is 16.8. The molecule has 0 aliphatic heterocycles. The molecule has 0 saturated heterocycles. The second-order valence-corrected chi connectivity index (χ2v) is 9.57. The van der Waals surface area contributed by atoms with Crippen LogP contribution in [0.2, 0.25) is 0 Å². The van der Waals surface area contributed by atoms with Gasteiger partial charge in [0, 0.05) is 42.1 Å². The minimum absolute atomic E-state index is 0.0212. The molecule has 2 aromatic carbocycles. The highest BCUT2D eigenvalue weighted by Gasteiger charge is 2.29. The molecule has 0 aliphatic carbocycles. The molecule has 36 heavy (non-hydrogen) atoms. The smallest absolute Gasteiger partial charge is 0.389 e. The molecule has 3 rings (SSSR count). The standard InChI is InChI=1S/C27H29F3N2O4/c1-26(2,3)36-24(34)11-13-31-25(35)18-6-4-17(5-7-18)22(10-12-27(28,29)30)20-14-19-8-9-21(33)15-23(19)32-16-20/h4-9,14-16,22,33H,10-13H2,1-3H3,(H,31,35)/t22-/m1/s1. The number of rotatable bonds is 8. The van der Waals surface area contributed by atoms with Crippen LogP contribution >= 0.6 is 0 Å². The quantitative estimate of drug-likeness (QED) is 0.376. The summed E-state index contributed by atoms with van der Waals surface area (Å²) >= 11 is 0. The molecular weight excluding hydrogens is 473 g/mol. The van der Waals surface area contributed by atoms with Crippen LogP contribution in [0.25, 0.3) is 10.9 Å². The van der Waals surface area contributed by atoms with Crippen molar-refractivity contribution >= 4 is 22.8 Å². The molecule has 192 valence electrons. The third kappa shape index (κ3) is 7.96. The maximum atomic E-state index is 13.1. The molecule has 0 bridgehead atoms. The van der Waals surface area contributed by atoms with E-state index in [9.17, 15) is 27.9 Å². The predicted octanol–water partition coefficient (Wildman–Crippen LogP) is 5.88. The fourth-order valence-electron chi connectivity index (χ4n) is 3.79. The van der Waals surface area contributed by atoms with Gasteiger partial charge in [-0.15, -0.1) is 0 Å². The normalized spacial score (nSPS) is 12.8. The van der Waals surface area contributed by atoms with Gasteiger partial charge in [0.05, 0.1) is 11.9 Å². The number of carbonyl (C=O) groups is 2. The van der Waals surface area contributed by atoms with E-state index in [1.807, 2.05) is 0 Å². The van der Waals surface area contributed by atoms with Crippen molar-refractivity contribution in [2.45, 2.75) is 57.7 Å². The number of aromatic hydroxyl groups is 1. The van der Waals surface area contributed by atoms with Crippen molar-refractivity contribution in [2.75, 3.05) is 6.54 Å². The summed E-state index contributed by atoms with van der Waals surface area (Å²) < 4.78 is 44.4. The zero-order valence-corrected chi connectivity index (χ0v) is 20.4. The lowest BCUT2D eigenvalue weighted by atomic mass is 9.87. The lowest BCUT2D eigenvalue weighted by Gasteiger charge is -2.20. The van der Waals surface area contributed by atoms with E-state index in [2.05, 4.69) is 10.3 Å². The summed E-state index contributed by atoms with van der Waals surface area (Å²) in [6.45, 7) is 5.37. The van der Waals surface area contributed by atoms with E-state index in [1.54, 1.807) is 57.2 Å². The Morgan fingerprint density at radius 1 is 1.03 bits per heavy atom. The number of amides is 1. The number of fused-ring (bicyclic) bond motifs is 1. The van der Waals surface area contributed by atoms with Crippen LogP contribution in [0.5, 0.6) is 5.75 Å². The summed E-state index contributed by atoms with van der Waals surface area (Å²) in [4.78, 5) is 28.5. The molecular formula is C27H29F3N2O4. The molecule has 6 nitrogen and oxygen atoms in total. The van der Waals surface area contributed by atoms with E-state index >= 15 is 0 Å². The summed E-state index contributed by atoms with van der Waals surface area (Å²) in [5.41, 5.74) is 1.47. The number of phenolic OH excluding ortho intramolecular Hbond substituents is 1. The van der Waals surface area contributed by atoms with Gasteiger partial charge in [-0.25, -0.2) is 0 Å². The predicted molar refractivity (Wildman–Crippen MR) is 130 cm³/mol. The number of alkyl halides is 3. The van der Waals surface area contributed by atoms with Gasteiger partial charge in [-0.3, -0.25) is 14.6 Å². The van der Waals surface area contributed by atoms with E-state index < -0.39 is 36.0 Å². The maximum Gasteiger partial charge on any atom is 0.389 e. The number of pyridine rings is 1. The molecule has 1 aromatic heterocycles. The summed E-state index contributed by atoms with van der Waals surface area (Å²) in [6, 6.07) is 12.8. The number of halogens is 3. The van der Waals surface area contributed by atoms with Crippen LogP contribution in [-0.2, 0) is 9.53 Å². The minimum atomic E-state index is -4.32. The fourth-order valence-corrected chi connectivity index (χ4v) is 3.79. The number of benzene rings is 2. The van der Waals surface area contributed by atoms with E-state index in [1.165, 1.54) is 18.3 Å². The molecule has 9 heteroatoms. The molecule has 0 unspecified atom stereocenters. The minimum Gasteiger partial charge on any atom is -0.508 e. The van der Waals surface area contributed by atoms with Gasteiger partial charge in [0.15, 0.2) is 0 Å². The molecule has 0 spiro atoms. The Morgan fingerprint density at radius 2 is 1.72 bits per heavy atom. The van der Waals surface area contributed by atoms with Gasteiger partial charge in [-0.1, -0.05) is 12.1 Å². The molecule has 3 aromatic rings. The van der Waals surface area contributed by atoms with Crippen LogP contribution in [0.1, 0.15) is 67.4 Å². The number of ether oxygens (including phenoxy) is 1. The van der Waals surface area contributed by atoms with E-state index in [0.717, 1.165) is 0 Å². The third-order valence-electron chi connectivity index (χ3n) is 5.42. The van der Waals surface area contributed by atoms with Crippen molar-refractivity contribution in [3.8, 4) is 5.75 Å². The molecule has 2 N–H and O–H groups in total. The Balaban J connectivity index is 1.74. The van der Waals surface area contributed by atoms with Crippen molar-refractivity contribution in [3.05, 3.63) is 71.4 Å². The van der Waals surface area contributed by atoms with Crippen molar-refractivity contribution in [2.24, 2.45) is 0 Å². The van der Waals surface area contributed by atoms with Crippen molar-refractivity contribution in [3.63, 3.8) is 0 Å². The van der Waals surface area contributed by atoms with Gasteiger partial charge < -0.3 is 15.2 Å². The summed E-state index contributed by atoms with van der Waals surface area (Å²) in [7, 11) is 0. The lowest BCUT2D eigenvalue weighted by molar-refractivity contribution is -0.154. The van der Waals surface area contributed by atoms with Gasteiger partial charge in [0.2, 0.25) is 0 Å². The average molecular weight is 503 g/mol. The molecule has 0 saturated carbocycles. The number of esters is 1. The van der Waals surface area contributed by atoms with Crippen LogP contribution in [-0.4, -0.2) is 40.3 Å². The Bertz CT molecular complexity index is 1220. The number of aromatic nitrogens is 1. The molecule has 1 atom stereocenters. The number of hydrogen-bond donors (Lipinski definition) is 2. The number of phenols is 1. The topological polar surface area (TPSA) is 88.5 Å². The van der Waals surface area contributed by atoms with Crippen LogP contribution < -0.4 is 5.32 Å². The van der Waals surface area contributed by atoms with Crippen LogP contribution in [0.3, 0.4) is 0 Å². The average Bonchev–Trinajstić information content (AvgIpc) is 2.77. The van der Waals surface area contributed by atoms with Crippen molar-refractivity contribution in [1.29, 1.82) is 0 Å². The summed E-state index contributed by atoms with van der Waals surface area (Å²) in [5.74, 6) is -1.37. The maximum absolute atomic E-state index is 13.1. The molecule has 0 radical (unpaired) electrons. The van der Waals surface area contributed by atoms with E-state index in [-0.39, 0.29) is 25.1 Å². The van der Waals surface area contributed by atoms with Gasteiger partial charge in [0.25, 0.3) is 5.91 Å². The van der Waals surface area contributed by atoms with E-state index in [4.69, 9.17) is 4.74 Å². The number of carbonyl (C=O) groups excluding carboxylic acids is 2. The van der Waals surface area contributed by atoms with Crippen LogP contribution in [0.15, 0.2) is 54.7 Å². The highest BCUT2D eigenvalue weighted by Crippen LogP contribution is 2.35. The Hall–Kier alpha value is -3.62. The first-order valence-corrected chi connectivity index (χ1v) is 11.6. The largest absolute Gasteiger partial charge is 0.508 e.